The van der Waals surface area contributed by atoms with Crippen molar-refractivity contribution in [3.63, 3.8) is 0 Å². The van der Waals surface area contributed by atoms with Crippen LogP contribution < -0.4 is 5.32 Å². The monoisotopic (exact) mass is 227 g/mol. The van der Waals surface area contributed by atoms with Gasteiger partial charge in [0.15, 0.2) is 0 Å². The normalized spacial score (nSPS) is 9.71. The van der Waals surface area contributed by atoms with Crippen LogP contribution in [0.2, 0.25) is 0 Å². The second-order valence-corrected chi connectivity index (χ2v) is 3.58. The molecule has 0 bridgehead atoms. The van der Waals surface area contributed by atoms with Gasteiger partial charge in [0.2, 0.25) is 0 Å². The second kappa shape index (κ2) is 4.62. The number of anilines is 2. The fraction of sp³-hybridized carbons (Fsp3) is 0.0769. The molecular weight excluding hydrogens is 217 g/mol. The molecule has 2 rings (SSSR count). The topological polar surface area (TPSA) is 48.7 Å². The zero-order chi connectivity index (χ0) is 12.3. The Hall–Kier alpha value is -2.41. The van der Waals surface area contributed by atoms with Crippen molar-refractivity contribution in [3.05, 3.63) is 53.5 Å². The first-order valence-electron chi connectivity index (χ1n) is 5.09. The van der Waals surface area contributed by atoms with Crippen LogP contribution in [-0.2, 0) is 0 Å². The Bertz CT molecular complexity index is 587. The molecule has 1 N–H and O–H groups in total. The number of nitrogens with one attached hydrogen (secondary N) is 1. The maximum absolute atomic E-state index is 13.3. The van der Waals surface area contributed by atoms with Crippen molar-refractivity contribution in [3.8, 4) is 6.07 Å². The number of nitriles is 1. The zero-order valence-electron chi connectivity index (χ0n) is 9.24. The molecule has 4 heteroatoms. The van der Waals surface area contributed by atoms with Gasteiger partial charge < -0.3 is 5.32 Å². The second-order valence-electron chi connectivity index (χ2n) is 3.58. The third-order valence-electron chi connectivity index (χ3n) is 2.42. The van der Waals surface area contributed by atoms with E-state index in [-0.39, 0.29) is 5.82 Å². The van der Waals surface area contributed by atoms with Crippen LogP contribution in [0.4, 0.5) is 15.9 Å². The highest BCUT2D eigenvalue weighted by Gasteiger charge is 2.04. The van der Waals surface area contributed by atoms with Crippen LogP contribution >= 0.6 is 0 Å². The van der Waals surface area contributed by atoms with Crippen LogP contribution in [0.25, 0.3) is 0 Å². The molecule has 0 aliphatic rings. The first-order valence-corrected chi connectivity index (χ1v) is 5.09. The third-order valence-corrected chi connectivity index (χ3v) is 2.42. The predicted octanol–water partition coefficient (Wildman–Crippen LogP) is 3.14. The van der Waals surface area contributed by atoms with Crippen LogP contribution in [0.3, 0.4) is 0 Å². The van der Waals surface area contributed by atoms with E-state index in [1.165, 1.54) is 12.3 Å². The number of aromatic nitrogens is 1. The van der Waals surface area contributed by atoms with E-state index in [1.54, 1.807) is 31.2 Å². The van der Waals surface area contributed by atoms with E-state index >= 15 is 0 Å². The van der Waals surface area contributed by atoms with Gasteiger partial charge in [-0.3, -0.25) is 0 Å². The maximum Gasteiger partial charge on any atom is 0.131 e. The summed E-state index contributed by atoms with van der Waals surface area (Å²) >= 11 is 0. The predicted molar refractivity (Wildman–Crippen MR) is 63.4 cm³/mol. The Morgan fingerprint density at radius 2 is 2.18 bits per heavy atom. The molecule has 0 atom stereocenters. The van der Waals surface area contributed by atoms with Crippen molar-refractivity contribution < 1.29 is 4.39 Å². The lowest BCUT2D eigenvalue weighted by atomic mass is 10.2. The summed E-state index contributed by atoms with van der Waals surface area (Å²) < 4.78 is 13.3. The number of halogens is 1. The molecular formula is C13H10FN3. The Morgan fingerprint density at radius 1 is 1.35 bits per heavy atom. The van der Waals surface area contributed by atoms with Gasteiger partial charge in [0.25, 0.3) is 0 Å². The van der Waals surface area contributed by atoms with Crippen molar-refractivity contribution in [1.29, 1.82) is 5.26 Å². The van der Waals surface area contributed by atoms with Gasteiger partial charge in [-0.25, -0.2) is 9.37 Å². The fourth-order valence-corrected chi connectivity index (χ4v) is 1.45. The smallest absolute Gasteiger partial charge is 0.131 e. The molecule has 0 aliphatic heterocycles. The van der Waals surface area contributed by atoms with Crippen molar-refractivity contribution in [1.82, 2.24) is 4.98 Å². The molecule has 2 aromatic rings. The summed E-state index contributed by atoms with van der Waals surface area (Å²) in [7, 11) is 0. The number of rotatable bonds is 2. The Balaban J connectivity index is 2.32. The van der Waals surface area contributed by atoms with Gasteiger partial charge >= 0.3 is 0 Å². The van der Waals surface area contributed by atoms with Crippen molar-refractivity contribution in [2.24, 2.45) is 0 Å². The third kappa shape index (κ3) is 2.40. The number of hydrogen-bond donors (Lipinski definition) is 1. The lowest BCUT2D eigenvalue weighted by Crippen LogP contribution is -1.97. The zero-order valence-corrected chi connectivity index (χ0v) is 9.24. The minimum atomic E-state index is -0.272. The van der Waals surface area contributed by atoms with Crippen LogP contribution in [0.15, 0.2) is 36.5 Å². The SMILES string of the molecule is Cc1c(F)cccc1Nc1cc(C#N)ccn1. The largest absolute Gasteiger partial charge is 0.340 e. The van der Waals surface area contributed by atoms with Gasteiger partial charge in [0, 0.05) is 17.4 Å². The summed E-state index contributed by atoms with van der Waals surface area (Å²) in [5.74, 6) is 0.254. The van der Waals surface area contributed by atoms with Gasteiger partial charge in [0.1, 0.15) is 11.6 Å². The molecule has 17 heavy (non-hydrogen) atoms. The molecule has 1 aromatic heterocycles. The van der Waals surface area contributed by atoms with E-state index in [2.05, 4.69) is 10.3 Å². The quantitative estimate of drug-likeness (QED) is 0.857. The first kappa shape index (κ1) is 11.1. The molecule has 0 aliphatic carbocycles. The summed E-state index contributed by atoms with van der Waals surface area (Å²) in [5.41, 5.74) is 1.68. The molecule has 0 radical (unpaired) electrons. The van der Waals surface area contributed by atoms with E-state index in [9.17, 15) is 4.39 Å². The van der Waals surface area contributed by atoms with E-state index in [0.29, 0.717) is 22.6 Å². The lowest BCUT2D eigenvalue weighted by Gasteiger charge is -2.09. The van der Waals surface area contributed by atoms with E-state index in [4.69, 9.17) is 5.26 Å². The number of pyridine rings is 1. The number of benzene rings is 1. The standard InChI is InChI=1S/C13H10FN3/c1-9-11(14)3-2-4-12(9)17-13-7-10(8-15)5-6-16-13/h2-7H,1H3,(H,16,17). The van der Waals surface area contributed by atoms with Crippen LogP contribution in [0.1, 0.15) is 11.1 Å². The van der Waals surface area contributed by atoms with Gasteiger partial charge in [-0.05, 0) is 31.2 Å². The Labute approximate surface area is 98.5 Å². The van der Waals surface area contributed by atoms with Gasteiger partial charge in [-0.1, -0.05) is 6.07 Å². The summed E-state index contributed by atoms with van der Waals surface area (Å²) in [6.07, 6.45) is 1.54. The van der Waals surface area contributed by atoms with Crippen molar-refractivity contribution in [2.75, 3.05) is 5.32 Å². The van der Waals surface area contributed by atoms with E-state index < -0.39 is 0 Å². The minimum Gasteiger partial charge on any atom is -0.340 e. The Kier molecular flexibility index (Phi) is 3.01. The summed E-state index contributed by atoms with van der Waals surface area (Å²) in [5, 5.41) is 11.7. The average Bonchev–Trinajstić information content (AvgIpc) is 2.35. The number of nitrogens with zero attached hydrogens (tertiary/aromatic N) is 2. The summed E-state index contributed by atoms with van der Waals surface area (Å²) in [6, 6.07) is 10.0. The van der Waals surface area contributed by atoms with Gasteiger partial charge in [0.05, 0.1) is 11.6 Å². The van der Waals surface area contributed by atoms with E-state index in [0.717, 1.165) is 0 Å². The average molecular weight is 227 g/mol. The highest BCUT2D eigenvalue weighted by Crippen LogP contribution is 2.21. The highest BCUT2D eigenvalue weighted by molar-refractivity contribution is 5.61. The summed E-state index contributed by atoms with van der Waals surface area (Å²) in [4.78, 5) is 4.07. The van der Waals surface area contributed by atoms with Crippen molar-refractivity contribution >= 4 is 11.5 Å². The fourth-order valence-electron chi connectivity index (χ4n) is 1.45. The summed E-state index contributed by atoms with van der Waals surface area (Å²) in [6.45, 7) is 1.69. The number of hydrogen-bond acceptors (Lipinski definition) is 3. The minimum absolute atomic E-state index is 0.272. The molecule has 1 aromatic carbocycles. The maximum atomic E-state index is 13.3. The van der Waals surface area contributed by atoms with Crippen molar-refractivity contribution in [2.45, 2.75) is 6.92 Å². The molecule has 0 spiro atoms. The molecule has 1 heterocycles. The molecule has 0 fully saturated rings. The first-order chi connectivity index (χ1) is 8.20. The lowest BCUT2D eigenvalue weighted by molar-refractivity contribution is 0.619. The molecule has 3 nitrogen and oxygen atoms in total. The molecule has 0 amide bonds. The molecule has 0 saturated heterocycles. The highest BCUT2D eigenvalue weighted by atomic mass is 19.1. The van der Waals surface area contributed by atoms with Gasteiger partial charge in [-0.2, -0.15) is 5.26 Å². The van der Waals surface area contributed by atoms with Gasteiger partial charge in [-0.15, -0.1) is 0 Å². The van der Waals surface area contributed by atoms with Crippen LogP contribution in [0.5, 0.6) is 0 Å². The molecule has 84 valence electrons. The van der Waals surface area contributed by atoms with Crippen LogP contribution in [-0.4, -0.2) is 4.98 Å². The van der Waals surface area contributed by atoms with Crippen LogP contribution in [0, 0.1) is 24.1 Å². The Morgan fingerprint density at radius 3 is 2.94 bits per heavy atom. The van der Waals surface area contributed by atoms with E-state index in [1.807, 2.05) is 6.07 Å². The molecule has 0 unspecified atom stereocenters. The molecule has 0 saturated carbocycles.